The predicted octanol–water partition coefficient (Wildman–Crippen LogP) is 5.98. The van der Waals surface area contributed by atoms with E-state index in [2.05, 4.69) is 20.8 Å². The van der Waals surface area contributed by atoms with Crippen LogP contribution in [0.15, 0.2) is 0 Å². The van der Waals surface area contributed by atoms with Gasteiger partial charge in [0.1, 0.15) is 0 Å². The molecule has 0 unspecified atom stereocenters. The van der Waals surface area contributed by atoms with Gasteiger partial charge in [-0.15, -0.1) is 0 Å². The van der Waals surface area contributed by atoms with E-state index >= 15 is 0 Å². The summed E-state index contributed by atoms with van der Waals surface area (Å²) in [6, 6.07) is 0. The van der Waals surface area contributed by atoms with Gasteiger partial charge in [0.2, 0.25) is 0 Å². The highest BCUT2D eigenvalue weighted by molar-refractivity contribution is 7.85. The van der Waals surface area contributed by atoms with Crippen molar-refractivity contribution >= 4 is 10.1 Å². The van der Waals surface area contributed by atoms with Crippen LogP contribution < -0.4 is 0 Å². The lowest BCUT2D eigenvalue weighted by molar-refractivity contribution is -0.929. The van der Waals surface area contributed by atoms with Crippen LogP contribution in [-0.4, -0.2) is 49.4 Å². The van der Waals surface area contributed by atoms with E-state index in [0.29, 0.717) is 6.42 Å². The minimum atomic E-state index is -4.07. The van der Waals surface area contributed by atoms with Gasteiger partial charge in [0.25, 0.3) is 0 Å². The van der Waals surface area contributed by atoms with Gasteiger partial charge in [-0.3, -0.25) is 0 Å². The molecule has 0 fully saturated rings. The number of nitrogens with zero attached hydrogens (tertiary/aromatic N) is 1. The van der Waals surface area contributed by atoms with E-state index in [4.69, 9.17) is 0 Å². The van der Waals surface area contributed by atoms with Crippen molar-refractivity contribution in [2.75, 3.05) is 31.9 Å². The first-order valence-corrected chi connectivity index (χ1v) is 13.3. The summed E-state index contributed by atoms with van der Waals surface area (Å²) in [6.07, 6.45) is 16.8. The smallest absolute Gasteiger partial charge is 0.748 e. The first kappa shape index (κ1) is 26.9. The van der Waals surface area contributed by atoms with Gasteiger partial charge < -0.3 is 9.04 Å². The zero-order chi connectivity index (χ0) is 20.4. The fraction of sp³-hybridized carbons (Fsp3) is 1.00. The normalized spacial score (nSPS) is 12.6. The molecular formula is C22H48NO3S+. The summed E-state index contributed by atoms with van der Waals surface area (Å²) in [5.41, 5.74) is 0. The molecule has 0 aliphatic carbocycles. The van der Waals surface area contributed by atoms with Crippen LogP contribution in [0.1, 0.15) is 112 Å². The lowest BCUT2D eigenvalue weighted by Crippen LogP contribution is -2.51. The first-order valence-electron chi connectivity index (χ1n) is 11.7. The molecule has 0 bridgehead atoms. The van der Waals surface area contributed by atoms with Crippen LogP contribution in [0.4, 0.5) is 0 Å². The fourth-order valence-electron chi connectivity index (χ4n) is 4.02. The maximum atomic E-state index is 10.9. The Bertz CT molecular complexity index is 398. The van der Waals surface area contributed by atoms with Crippen LogP contribution in [0.2, 0.25) is 0 Å². The molecule has 0 aromatic rings. The van der Waals surface area contributed by atoms with Gasteiger partial charge in [-0.25, -0.2) is 8.42 Å². The highest BCUT2D eigenvalue weighted by atomic mass is 32.2. The Balaban J connectivity index is 0. The second kappa shape index (κ2) is 16.8. The predicted molar refractivity (Wildman–Crippen MR) is 117 cm³/mol. The Kier molecular flexibility index (Phi) is 16.7. The highest BCUT2D eigenvalue weighted by Gasteiger charge is 2.25. The summed E-state index contributed by atoms with van der Waals surface area (Å²) < 4.78 is 33.9. The topological polar surface area (TPSA) is 57.2 Å². The SMILES string of the molecule is CCCCCC[N+](CCCCCC)(CCCCCC)CCCCS(=O)(=O)[O-].[H+]. The van der Waals surface area contributed by atoms with Gasteiger partial charge in [0, 0.05) is 5.75 Å². The molecule has 4 nitrogen and oxygen atoms in total. The quantitative estimate of drug-likeness (QED) is 0.142. The number of unbranched alkanes of at least 4 members (excludes halogenated alkanes) is 10. The van der Waals surface area contributed by atoms with E-state index < -0.39 is 10.1 Å². The van der Waals surface area contributed by atoms with Crippen molar-refractivity contribution in [3.05, 3.63) is 0 Å². The van der Waals surface area contributed by atoms with Gasteiger partial charge >= 0.3 is 1.43 Å². The highest BCUT2D eigenvalue weighted by Crippen LogP contribution is 2.19. The van der Waals surface area contributed by atoms with Crippen LogP contribution in [0.3, 0.4) is 0 Å². The largest absolute Gasteiger partial charge is 1.00 e. The van der Waals surface area contributed by atoms with Crippen molar-refractivity contribution in [1.82, 2.24) is 0 Å². The molecule has 0 atom stereocenters. The van der Waals surface area contributed by atoms with Crippen molar-refractivity contribution in [2.24, 2.45) is 0 Å². The van der Waals surface area contributed by atoms with Gasteiger partial charge in [-0.05, 0) is 51.4 Å². The monoisotopic (exact) mass is 406 g/mol. The van der Waals surface area contributed by atoms with E-state index in [1.807, 2.05) is 0 Å². The van der Waals surface area contributed by atoms with E-state index in [-0.39, 0.29) is 7.18 Å². The van der Waals surface area contributed by atoms with E-state index in [1.54, 1.807) is 0 Å². The molecule has 0 spiro atoms. The van der Waals surface area contributed by atoms with Crippen molar-refractivity contribution in [3.8, 4) is 0 Å². The maximum Gasteiger partial charge on any atom is 1.00 e. The van der Waals surface area contributed by atoms with E-state index in [9.17, 15) is 13.0 Å². The van der Waals surface area contributed by atoms with Gasteiger partial charge in [0.15, 0.2) is 0 Å². The maximum absolute atomic E-state index is 10.9. The Morgan fingerprint density at radius 2 is 0.926 bits per heavy atom. The average Bonchev–Trinajstić information content (AvgIpc) is 2.62. The van der Waals surface area contributed by atoms with Crippen molar-refractivity contribution in [3.63, 3.8) is 0 Å². The summed E-state index contributed by atoms with van der Waals surface area (Å²) >= 11 is 0. The Morgan fingerprint density at radius 1 is 0.593 bits per heavy atom. The summed E-state index contributed by atoms with van der Waals surface area (Å²) in [5, 5.41) is 0. The van der Waals surface area contributed by atoms with Crippen LogP contribution in [0, 0.1) is 0 Å². The molecule has 164 valence electrons. The molecule has 0 amide bonds. The van der Waals surface area contributed by atoms with Crippen LogP contribution in [-0.2, 0) is 10.1 Å². The molecule has 0 saturated heterocycles. The number of quaternary nitrogens is 1. The molecule has 0 radical (unpaired) electrons. The molecule has 0 rings (SSSR count). The van der Waals surface area contributed by atoms with Crippen LogP contribution >= 0.6 is 0 Å². The lowest BCUT2D eigenvalue weighted by atomic mass is 10.1. The third kappa shape index (κ3) is 16.5. The molecule has 0 aliphatic heterocycles. The molecule has 0 aromatic heterocycles. The molecule has 0 heterocycles. The van der Waals surface area contributed by atoms with Crippen LogP contribution in [0.25, 0.3) is 0 Å². The van der Waals surface area contributed by atoms with Gasteiger partial charge in [-0.1, -0.05) is 59.3 Å². The second-order valence-corrected chi connectivity index (χ2v) is 9.91. The Labute approximate surface area is 171 Å². The number of hydrogen-bond acceptors (Lipinski definition) is 3. The fourth-order valence-corrected chi connectivity index (χ4v) is 4.58. The minimum Gasteiger partial charge on any atom is -0.748 e. The van der Waals surface area contributed by atoms with Crippen molar-refractivity contribution < 1.29 is 18.9 Å². The molecular weight excluding hydrogens is 358 g/mol. The molecule has 27 heavy (non-hydrogen) atoms. The van der Waals surface area contributed by atoms with Gasteiger partial charge in [-0.2, -0.15) is 0 Å². The summed E-state index contributed by atoms with van der Waals surface area (Å²) in [7, 11) is -4.07. The number of hydrogen-bond donors (Lipinski definition) is 0. The van der Waals surface area contributed by atoms with E-state index in [1.165, 1.54) is 96.7 Å². The zero-order valence-electron chi connectivity index (χ0n) is 19.5. The summed E-state index contributed by atoms with van der Waals surface area (Å²) in [5.74, 6) is -0.200. The third-order valence-electron chi connectivity index (χ3n) is 5.73. The lowest BCUT2D eigenvalue weighted by Gasteiger charge is -2.39. The summed E-state index contributed by atoms with van der Waals surface area (Å²) in [4.78, 5) is 0. The zero-order valence-corrected chi connectivity index (χ0v) is 19.3. The van der Waals surface area contributed by atoms with E-state index in [0.717, 1.165) is 17.4 Å². The number of rotatable bonds is 20. The molecule has 0 aliphatic rings. The first-order chi connectivity index (χ1) is 12.9. The molecule has 0 aromatic carbocycles. The minimum absolute atomic E-state index is 0. The van der Waals surface area contributed by atoms with Crippen molar-refractivity contribution in [1.29, 1.82) is 0 Å². The summed E-state index contributed by atoms with van der Waals surface area (Å²) in [6.45, 7) is 11.5. The third-order valence-corrected chi connectivity index (χ3v) is 6.52. The molecule has 0 N–H and O–H groups in total. The van der Waals surface area contributed by atoms with Crippen LogP contribution in [0.5, 0.6) is 0 Å². The standard InChI is InChI=1S/C22H47NO3S/c1-4-7-10-13-18-23(19-14-11-8-5-2,20-15-12-9-6-3)21-16-17-22-27(24,25)26/h4-22H2,1-3H3/p+1. The Morgan fingerprint density at radius 3 is 1.22 bits per heavy atom. The molecule has 5 heteroatoms. The second-order valence-electron chi connectivity index (χ2n) is 8.39. The average molecular weight is 407 g/mol. The Hall–Kier alpha value is -0.130. The molecule has 0 saturated carbocycles. The van der Waals surface area contributed by atoms with Crippen molar-refractivity contribution in [2.45, 2.75) is 111 Å². The van der Waals surface area contributed by atoms with Gasteiger partial charge in [0.05, 0.1) is 36.3 Å².